The van der Waals surface area contributed by atoms with Crippen molar-refractivity contribution < 1.29 is 4.74 Å². The molecule has 1 aromatic carbocycles. The zero-order valence-corrected chi connectivity index (χ0v) is 11.0. The summed E-state index contributed by atoms with van der Waals surface area (Å²) in [6.07, 6.45) is 4.25. The zero-order valence-electron chi connectivity index (χ0n) is 10.3. The van der Waals surface area contributed by atoms with Crippen LogP contribution in [0.25, 0.3) is 0 Å². The number of ether oxygens (including phenoxy) is 1. The third-order valence-corrected chi connectivity index (χ3v) is 2.87. The van der Waals surface area contributed by atoms with Crippen molar-refractivity contribution in [1.82, 2.24) is 4.98 Å². The topological polar surface area (TPSA) is 72.0 Å². The first-order chi connectivity index (χ1) is 9.16. The van der Waals surface area contributed by atoms with Gasteiger partial charge in [-0.15, -0.1) is 0 Å². The van der Waals surface area contributed by atoms with Gasteiger partial charge in [0.25, 0.3) is 0 Å². The van der Waals surface area contributed by atoms with Crippen LogP contribution in [0.3, 0.4) is 0 Å². The summed E-state index contributed by atoms with van der Waals surface area (Å²) >= 11 is 5.92. The van der Waals surface area contributed by atoms with Crippen LogP contribution in [0.2, 0.25) is 5.02 Å². The molecule has 0 bridgehead atoms. The van der Waals surface area contributed by atoms with Gasteiger partial charge in [0, 0.05) is 23.8 Å². The summed E-state index contributed by atoms with van der Waals surface area (Å²) in [6.45, 7) is 0.491. The van der Waals surface area contributed by atoms with Gasteiger partial charge >= 0.3 is 0 Å². The number of nitrogens with two attached hydrogens (primary N) is 1. The van der Waals surface area contributed by atoms with Gasteiger partial charge in [0.15, 0.2) is 0 Å². The second kappa shape index (κ2) is 6.20. The molecule has 0 atom stereocenters. The van der Waals surface area contributed by atoms with Crippen molar-refractivity contribution in [2.45, 2.75) is 6.42 Å². The van der Waals surface area contributed by atoms with Gasteiger partial charge in [0.2, 0.25) is 0 Å². The lowest BCUT2D eigenvalue weighted by Crippen LogP contribution is -2.14. The molecule has 0 amide bonds. The Morgan fingerprint density at radius 2 is 2.00 bits per heavy atom. The number of nitrogen functional groups attached to an aromatic ring is 1. The maximum absolute atomic E-state index is 7.49. The molecule has 0 aliphatic heterocycles. The van der Waals surface area contributed by atoms with Gasteiger partial charge in [-0.1, -0.05) is 11.6 Å². The van der Waals surface area contributed by atoms with E-state index in [0.29, 0.717) is 22.9 Å². The smallest absolute Gasteiger partial charge is 0.131 e. The molecular formula is C14H14ClN3O. The third kappa shape index (κ3) is 3.69. The van der Waals surface area contributed by atoms with Gasteiger partial charge in [-0.25, -0.2) is 0 Å². The van der Waals surface area contributed by atoms with Gasteiger partial charge in [0.1, 0.15) is 11.6 Å². The molecule has 0 unspecified atom stereocenters. The van der Waals surface area contributed by atoms with E-state index >= 15 is 0 Å². The second-order valence-corrected chi connectivity index (χ2v) is 4.44. The highest BCUT2D eigenvalue weighted by molar-refractivity contribution is 6.30. The number of nitrogens with zero attached hydrogens (tertiary/aromatic N) is 1. The van der Waals surface area contributed by atoms with E-state index < -0.39 is 0 Å². The SMILES string of the molecule is N=C(N)c1ccc(Cl)cc1OCCc1ccncc1. The van der Waals surface area contributed by atoms with E-state index in [-0.39, 0.29) is 5.84 Å². The van der Waals surface area contributed by atoms with Crippen molar-refractivity contribution in [3.8, 4) is 5.75 Å². The van der Waals surface area contributed by atoms with Crippen LogP contribution in [0.5, 0.6) is 5.75 Å². The van der Waals surface area contributed by atoms with Crippen molar-refractivity contribution in [3.63, 3.8) is 0 Å². The van der Waals surface area contributed by atoms with E-state index in [9.17, 15) is 0 Å². The molecule has 2 aromatic rings. The standard InChI is InChI=1S/C14H14ClN3O/c15-11-1-2-12(14(16)17)13(9-11)19-8-5-10-3-6-18-7-4-10/h1-4,6-7,9H,5,8H2,(H3,16,17). The van der Waals surface area contributed by atoms with E-state index in [0.717, 1.165) is 12.0 Å². The second-order valence-electron chi connectivity index (χ2n) is 4.01. The van der Waals surface area contributed by atoms with Gasteiger partial charge < -0.3 is 10.5 Å². The number of aromatic nitrogens is 1. The minimum absolute atomic E-state index is 0.0319. The number of halogens is 1. The predicted octanol–water partition coefficient (Wildman–Crippen LogP) is 2.64. The molecule has 1 aromatic heterocycles. The van der Waals surface area contributed by atoms with Crippen molar-refractivity contribution in [2.75, 3.05) is 6.61 Å². The minimum Gasteiger partial charge on any atom is -0.492 e. The zero-order chi connectivity index (χ0) is 13.7. The summed E-state index contributed by atoms with van der Waals surface area (Å²) in [5.41, 5.74) is 7.19. The summed E-state index contributed by atoms with van der Waals surface area (Å²) in [5.74, 6) is 0.504. The van der Waals surface area contributed by atoms with Crippen LogP contribution in [-0.2, 0) is 6.42 Å². The maximum Gasteiger partial charge on any atom is 0.131 e. The lowest BCUT2D eigenvalue weighted by atomic mass is 10.2. The lowest BCUT2D eigenvalue weighted by molar-refractivity contribution is 0.321. The first-order valence-electron chi connectivity index (χ1n) is 5.82. The Hall–Kier alpha value is -2.07. The van der Waals surface area contributed by atoms with Crippen LogP contribution >= 0.6 is 11.6 Å². The molecule has 0 aliphatic rings. The summed E-state index contributed by atoms with van der Waals surface area (Å²) in [5, 5.41) is 8.05. The Kier molecular flexibility index (Phi) is 4.36. The maximum atomic E-state index is 7.49. The summed E-state index contributed by atoms with van der Waals surface area (Å²) in [4.78, 5) is 3.96. The number of rotatable bonds is 5. The first kappa shape index (κ1) is 13.4. The molecule has 2 rings (SSSR count). The van der Waals surface area contributed by atoms with Crippen molar-refractivity contribution in [1.29, 1.82) is 5.41 Å². The Morgan fingerprint density at radius 3 is 2.68 bits per heavy atom. The van der Waals surface area contributed by atoms with Crippen LogP contribution in [0.4, 0.5) is 0 Å². The minimum atomic E-state index is -0.0319. The Morgan fingerprint density at radius 1 is 1.26 bits per heavy atom. The highest BCUT2D eigenvalue weighted by Gasteiger charge is 2.07. The van der Waals surface area contributed by atoms with E-state index in [1.807, 2.05) is 12.1 Å². The Labute approximate surface area is 116 Å². The molecule has 0 saturated heterocycles. The molecule has 4 nitrogen and oxygen atoms in total. The number of benzene rings is 1. The van der Waals surface area contributed by atoms with E-state index in [1.54, 1.807) is 30.6 Å². The van der Waals surface area contributed by atoms with E-state index in [4.69, 9.17) is 27.5 Å². The lowest BCUT2D eigenvalue weighted by Gasteiger charge is -2.11. The first-order valence-corrected chi connectivity index (χ1v) is 6.20. The Balaban J connectivity index is 2.03. The van der Waals surface area contributed by atoms with Crippen LogP contribution in [0, 0.1) is 5.41 Å². The molecule has 5 heteroatoms. The summed E-state index contributed by atoms with van der Waals surface area (Å²) < 4.78 is 5.66. The fourth-order valence-corrected chi connectivity index (χ4v) is 1.83. The highest BCUT2D eigenvalue weighted by Crippen LogP contribution is 2.23. The fraction of sp³-hybridized carbons (Fsp3) is 0.143. The molecule has 0 spiro atoms. The highest BCUT2D eigenvalue weighted by atomic mass is 35.5. The van der Waals surface area contributed by atoms with E-state index in [2.05, 4.69) is 4.98 Å². The molecule has 0 aliphatic carbocycles. The van der Waals surface area contributed by atoms with Gasteiger partial charge in [0.05, 0.1) is 12.2 Å². The van der Waals surface area contributed by atoms with Crippen LogP contribution < -0.4 is 10.5 Å². The fourth-order valence-electron chi connectivity index (χ4n) is 1.67. The monoisotopic (exact) mass is 275 g/mol. The molecule has 19 heavy (non-hydrogen) atoms. The normalized spacial score (nSPS) is 10.2. The molecule has 1 heterocycles. The molecule has 0 radical (unpaired) electrons. The molecule has 98 valence electrons. The van der Waals surface area contributed by atoms with Crippen molar-refractivity contribution in [2.24, 2.45) is 5.73 Å². The number of hydrogen-bond acceptors (Lipinski definition) is 3. The van der Waals surface area contributed by atoms with Crippen molar-refractivity contribution in [3.05, 3.63) is 58.9 Å². The number of nitrogens with one attached hydrogen (secondary N) is 1. The van der Waals surface area contributed by atoms with Crippen LogP contribution in [0.15, 0.2) is 42.7 Å². The van der Waals surface area contributed by atoms with Gasteiger partial charge in [-0.2, -0.15) is 0 Å². The number of pyridine rings is 1. The largest absolute Gasteiger partial charge is 0.492 e. The molecular weight excluding hydrogens is 262 g/mol. The number of amidine groups is 1. The average Bonchev–Trinajstić information content (AvgIpc) is 2.39. The molecule has 3 N–H and O–H groups in total. The quantitative estimate of drug-likeness (QED) is 0.651. The summed E-state index contributed by atoms with van der Waals surface area (Å²) in [6, 6.07) is 8.92. The number of hydrogen-bond donors (Lipinski definition) is 2. The van der Waals surface area contributed by atoms with Crippen LogP contribution in [0.1, 0.15) is 11.1 Å². The molecule has 0 fully saturated rings. The third-order valence-electron chi connectivity index (χ3n) is 2.63. The van der Waals surface area contributed by atoms with Gasteiger partial charge in [-0.3, -0.25) is 10.4 Å². The van der Waals surface area contributed by atoms with E-state index in [1.165, 1.54) is 0 Å². The summed E-state index contributed by atoms with van der Waals surface area (Å²) in [7, 11) is 0. The molecule has 0 saturated carbocycles. The van der Waals surface area contributed by atoms with Gasteiger partial charge in [-0.05, 0) is 35.9 Å². The predicted molar refractivity (Wildman–Crippen MR) is 75.9 cm³/mol. The van der Waals surface area contributed by atoms with Crippen LogP contribution in [-0.4, -0.2) is 17.4 Å². The Bertz CT molecular complexity index is 572. The van der Waals surface area contributed by atoms with Crippen molar-refractivity contribution >= 4 is 17.4 Å². The average molecular weight is 276 g/mol.